The van der Waals surface area contributed by atoms with Crippen molar-refractivity contribution < 1.29 is 23.1 Å². The van der Waals surface area contributed by atoms with Crippen LogP contribution in [0.2, 0.25) is 0 Å². The molecule has 0 spiro atoms. The highest BCUT2D eigenvalue weighted by Crippen LogP contribution is 2.27. The summed E-state index contributed by atoms with van der Waals surface area (Å²) in [4.78, 5) is 10.6. The van der Waals surface area contributed by atoms with Crippen molar-refractivity contribution in [3.8, 4) is 0 Å². The van der Waals surface area contributed by atoms with E-state index in [0.717, 1.165) is 12.8 Å². The maximum atomic E-state index is 12.5. The van der Waals surface area contributed by atoms with Crippen molar-refractivity contribution in [2.75, 3.05) is 26.3 Å². The predicted octanol–water partition coefficient (Wildman–Crippen LogP) is 1.07. The van der Waals surface area contributed by atoms with E-state index in [0.29, 0.717) is 51.5 Å². The number of ether oxygens (including phenoxy) is 1. The third kappa shape index (κ3) is 3.93. The third-order valence-corrected chi connectivity index (χ3v) is 6.69. The molecule has 0 bridgehead atoms. The summed E-state index contributed by atoms with van der Waals surface area (Å²) in [5.41, 5.74) is 0. The van der Waals surface area contributed by atoms with E-state index in [4.69, 9.17) is 9.84 Å². The molecule has 20 heavy (non-hydrogen) atoms. The quantitative estimate of drug-likeness (QED) is 0.821. The number of carboxylic acids is 1. The number of nitrogens with zero attached hydrogens (tertiary/aromatic N) is 1. The van der Waals surface area contributed by atoms with Gasteiger partial charge in [0.2, 0.25) is 10.0 Å². The molecule has 2 saturated heterocycles. The average Bonchev–Trinajstić information content (AvgIpc) is 2.46. The van der Waals surface area contributed by atoms with E-state index in [1.165, 1.54) is 0 Å². The van der Waals surface area contributed by atoms with Crippen molar-refractivity contribution in [1.29, 1.82) is 0 Å². The molecule has 0 atom stereocenters. The van der Waals surface area contributed by atoms with Gasteiger partial charge in [-0.2, -0.15) is 0 Å². The molecule has 0 saturated carbocycles. The molecule has 2 heterocycles. The highest BCUT2D eigenvalue weighted by Gasteiger charge is 2.35. The molecule has 2 aliphatic heterocycles. The average molecular weight is 305 g/mol. The SMILES string of the molecule is O=C(O)CCC1CCN(S(=O)(=O)C2CCOCC2)CC1. The molecule has 2 rings (SSSR count). The first-order valence-corrected chi connectivity index (χ1v) is 8.79. The number of carbonyl (C=O) groups is 1. The predicted molar refractivity (Wildman–Crippen MR) is 73.9 cm³/mol. The molecule has 0 aromatic heterocycles. The lowest BCUT2D eigenvalue weighted by Gasteiger charge is -2.34. The fourth-order valence-electron chi connectivity index (χ4n) is 2.96. The van der Waals surface area contributed by atoms with Gasteiger partial charge in [0.1, 0.15) is 0 Å². The van der Waals surface area contributed by atoms with E-state index >= 15 is 0 Å². The summed E-state index contributed by atoms with van der Waals surface area (Å²) in [7, 11) is -3.20. The summed E-state index contributed by atoms with van der Waals surface area (Å²) in [6, 6.07) is 0. The van der Waals surface area contributed by atoms with E-state index < -0.39 is 16.0 Å². The molecule has 0 amide bonds. The zero-order chi connectivity index (χ0) is 14.6. The molecule has 6 nitrogen and oxygen atoms in total. The Bertz CT molecular complexity index is 422. The van der Waals surface area contributed by atoms with E-state index in [1.807, 2.05) is 0 Å². The fraction of sp³-hybridized carbons (Fsp3) is 0.923. The lowest BCUT2D eigenvalue weighted by atomic mass is 9.93. The van der Waals surface area contributed by atoms with Crippen LogP contribution in [-0.4, -0.2) is 55.4 Å². The molecule has 116 valence electrons. The molecular formula is C13H23NO5S. The molecule has 2 aliphatic rings. The van der Waals surface area contributed by atoms with Gasteiger partial charge in [-0.05, 0) is 38.0 Å². The van der Waals surface area contributed by atoms with E-state index in [9.17, 15) is 13.2 Å². The van der Waals surface area contributed by atoms with Crippen LogP contribution in [-0.2, 0) is 19.6 Å². The van der Waals surface area contributed by atoms with Crippen molar-refractivity contribution in [2.24, 2.45) is 5.92 Å². The molecule has 0 aliphatic carbocycles. The number of aliphatic carboxylic acids is 1. The van der Waals surface area contributed by atoms with Gasteiger partial charge in [-0.3, -0.25) is 4.79 Å². The van der Waals surface area contributed by atoms with E-state index in [2.05, 4.69) is 0 Å². The number of sulfonamides is 1. The minimum atomic E-state index is -3.20. The Morgan fingerprint density at radius 2 is 1.75 bits per heavy atom. The summed E-state index contributed by atoms with van der Waals surface area (Å²) >= 11 is 0. The van der Waals surface area contributed by atoms with Crippen LogP contribution in [0.1, 0.15) is 38.5 Å². The third-order valence-electron chi connectivity index (χ3n) is 4.29. The monoisotopic (exact) mass is 305 g/mol. The second-order valence-corrected chi connectivity index (χ2v) is 7.84. The number of hydrogen-bond acceptors (Lipinski definition) is 4. The molecule has 0 radical (unpaired) electrons. The molecule has 7 heteroatoms. The number of carboxylic acid groups (broad SMARTS) is 1. The summed E-state index contributed by atoms with van der Waals surface area (Å²) in [6.07, 6.45) is 3.55. The molecule has 0 unspecified atom stereocenters. The van der Waals surface area contributed by atoms with Crippen molar-refractivity contribution in [2.45, 2.75) is 43.8 Å². The van der Waals surface area contributed by atoms with Crippen molar-refractivity contribution >= 4 is 16.0 Å². The van der Waals surface area contributed by atoms with Crippen molar-refractivity contribution in [1.82, 2.24) is 4.31 Å². The molecule has 0 aromatic carbocycles. The van der Waals surface area contributed by atoms with Gasteiger partial charge in [0.15, 0.2) is 0 Å². The van der Waals surface area contributed by atoms with Gasteiger partial charge in [0.05, 0.1) is 5.25 Å². The van der Waals surface area contributed by atoms with Crippen molar-refractivity contribution in [3.63, 3.8) is 0 Å². The van der Waals surface area contributed by atoms with E-state index in [-0.39, 0.29) is 11.7 Å². The van der Waals surface area contributed by atoms with Crippen molar-refractivity contribution in [3.05, 3.63) is 0 Å². The van der Waals surface area contributed by atoms with Crippen LogP contribution in [0.3, 0.4) is 0 Å². The highest BCUT2D eigenvalue weighted by molar-refractivity contribution is 7.89. The minimum absolute atomic E-state index is 0.178. The smallest absolute Gasteiger partial charge is 0.303 e. The minimum Gasteiger partial charge on any atom is -0.481 e. The van der Waals surface area contributed by atoms with Gasteiger partial charge in [-0.1, -0.05) is 0 Å². The number of hydrogen-bond donors (Lipinski definition) is 1. The van der Waals surface area contributed by atoms with Crippen LogP contribution >= 0.6 is 0 Å². The van der Waals surface area contributed by atoms with Crippen LogP contribution in [0, 0.1) is 5.92 Å². The summed E-state index contributed by atoms with van der Waals surface area (Å²) in [6.45, 7) is 2.12. The first-order chi connectivity index (χ1) is 9.50. The van der Waals surface area contributed by atoms with Crippen LogP contribution in [0.25, 0.3) is 0 Å². The Morgan fingerprint density at radius 1 is 1.15 bits per heavy atom. The number of piperidine rings is 1. The lowest BCUT2D eigenvalue weighted by Crippen LogP contribution is -2.45. The highest BCUT2D eigenvalue weighted by atomic mass is 32.2. The molecule has 1 N–H and O–H groups in total. The van der Waals surface area contributed by atoms with Crippen LogP contribution in [0.4, 0.5) is 0 Å². The zero-order valence-corrected chi connectivity index (χ0v) is 12.5. The van der Waals surface area contributed by atoms with Crippen LogP contribution in [0.15, 0.2) is 0 Å². The second-order valence-electron chi connectivity index (χ2n) is 5.63. The van der Waals surface area contributed by atoms with Gasteiger partial charge >= 0.3 is 5.97 Å². The number of rotatable bonds is 5. The van der Waals surface area contributed by atoms with Gasteiger partial charge in [0, 0.05) is 32.7 Å². The molecule has 2 fully saturated rings. The Morgan fingerprint density at radius 3 is 2.30 bits per heavy atom. The summed E-state index contributed by atoms with van der Waals surface area (Å²) < 4.78 is 31.8. The van der Waals surface area contributed by atoms with Gasteiger partial charge < -0.3 is 9.84 Å². The maximum absolute atomic E-state index is 12.5. The zero-order valence-electron chi connectivity index (χ0n) is 11.7. The summed E-state index contributed by atoms with van der Waals surface area (Å²) in [5.74, 6) is -0.436. The topological polar surface area (TPSA) is 83.9 Å². The normalized spacial score (nSPS) is 23.8. The maximum Gasteiger partial charge on any atom is 0.303 e. The largest absolute Gasteiger partial charge is 0.481 e. The first kappa shape index (κ1) is 15.7. The van der Waals surface area contributed by atoms with Crippen LogP contribution < -0.4 is 0 Å². The van der Waals surface area contributed by atoms with Gasteiger partial charge in [-0.25, -0.2) is 12.7 Å². The summed E-state index contributed by atoms with van der Waals surface area (Å²) in [5, 5.41) is 8.38. The standard InChI is InChI=1S/C13H23NO5S/c15-13(16)2-1-11-3-7-14(8-4-11)20(17,18)12-5-9-19-10-6-12/h11-12H,1-10H2,(H,15,16). The Kier molecular flexibility index (Phi) is 5.40. The Balaban J connectivity index is 1.84. The van der Waals surface area contributed by atoms with E-state index in [1.54, 1.807) is 4.31 Å². The van der Waals surface area contributed by atoms with Crippen LogP contribution in [0.5, 0.6) is 0 Å². The second kappa shape index (κ2) is 6.87. The lowest BCUT2D eigenvalue weighted by molar-refractivity contribution is -0.137. The van der Waals surface area contributed by atoms with Gasteiger partial charge in [-0.15, -0.1) is 0 Å². The van der Waals surface area contributed by atoms with Gasteiger partial charge in [0.25, 0.3) is 0 Å². The Hall–Kier alpha value is -0.660. The molecular weight excluding hydrogens is 282 g/mol. The Labute approximate surface area is 120 Å². The first-order valence-electron chi connectivity index (χ1n) is 7.28. The molecule has 0 aromatic rings. The fourth-order valence-corrected chi connectivity index (χ4v) is 4.89.